The lowest BCUT2D eigenvalue weighted by Crippen LogP contribution is -2.35. The molecule has 1 rings (SSSR count). The Bertz CT molecular complexity index is 583. The fourth-order valence-corrected chi connectivity index (χ4v) is 3.04. The normalized spacial score (nSPS) is 12.0. The molecule has 1 heterocycles. The number of rotatable bonds is 9. The maximum absolute atomic E-state index is 12.2. The molecular formula is C11H20N4O5S. The molecule has 0 fully saturated rings. The van der Waals surface area contributed by atoms with E-state index >= 15 is 0 Å². The van der Waals surface area contributed by atoms with Crippen LogP contribution in [0.5, 0.6) is 0 Å². The number of nitrogens with zero attached hydrogens (tertiary/aromatic N) is 2. The molecule has 120 valence electrons. The molecule has 0 aliphatic carbocycles. The molecule has 0 saturated heterocycles. The van der Waals surface area contributed by atoms with Crippen molar-refractivity contribution in [2.75, 3.05) is 40.4 Å². The lowest BCUT2D eigenvalue weighted by molar-refractivity contribution is 0.0686. The number of aromatic nitrogens is 2. The van der Waals surface area contributed by atoms with Gasteiger partial charge in [0.15, 0.2) is 5.69 Å². The third-order valence-electron chi connectivity index (χ3n) is 2.83. The van der Waals surface area contributed by atoms with Gasteiger partial charge < -0.3 is 14.7 Å². The fraction of sp³-hybridized carbons (Fsp3) is 0.636. The number of hydrogen-bond acceptors (Lipinski definition) is 6. The number of sulfonamides is 1. The number of likely N-dealkylation sites (N-methyl/N-ethyl adjacent to an activating group) is 1. The maximum atomic E-state index is 12.2. The number of carboxylic acids is 1. The number of ether oxygens (including phenoxy) is 1. The number of aryl methyl sites for hydroxylation is 1. The number of aromatic amines is 1. The number of carboxylic acid groups (broad SMARTS) is 1. The van der Waals surface area contributed by atoms with E-state index in [9.17, 15) is 13.2 Å². The quantitative estimate of drug-likeness (QED) is 0.548. The predicted octanol–water partition coefficient (Wildman–Crippen LogP) is -0.727. The number of aromatic carboxylic acids is 1. The van der Waals surface area contributed by atoms with Crippen LogP contribution in [-0.4, -0.2) is 75.0 Å². The second-order valence-electron chi connectivity index (χ2n) is 4.53. The Morgan fingerprint density at radius 3 is 2.71 bits per heavy atom. The molecule has 1 aromatic heterocycles. The largest absolute Gasteiger partial charge is 0.476 e. The summed E-state index contributed by atoms with van der Waals surface area (Å²) >= 11 is 0. The standard InChI is InChI=1S/C11H20N4O5S/c1-8-10(9(11(16)17)14-13-8)21(18,19)12-4-5-15(2)6-7-20-3/h12H,4-7H2,1-3H3,(H,13,14)(H,16,17). The minimum Gasteiger partial charge on any atom is -0.476 e. The highest BCUT2D eigenvalue weighted by atomic mass is 32.2. The van der Waals surface area contributed by atoms with Gasteiger partial charge in [-0.25, -0.2) is 17.9 Å². The van der Waals surface area contributed by atoms with Crippen molar-refractivity contribution in [2.45, 2.75) is 11.8 Å². The average molecular weight is 320 g/mol. The first-order chi connectivity index (χ1) is 9.79. The molecule has 0 aromatic carbocycles. The van der Waals surface area contributed by atoms with Crippen LogP contribution in [0.3, 0.4) is 0 Å². The molecule has 0 spiro atoms. The Labute approximate surface area is 123 Å². The van der Waals surface area contributed by atoms with Crippen molar-refractivity contribution < 1.29 is 23.1 Å². The first-order valence-corrected chi connectivity index (χ1v) is 7.73. The SMILES string of the molecule is COCCN(C)CCNS(=O)(=O)c1c(C(=O)O)n[nH]c1C. The summed E-state index contributed by atoms with van der Waals surface area (Å²) in [6.07, 6.45) is 0. The predicted molar refractivity (Wildman–Crippen MR) is 74.8 cm³/mol. The third kappa shape index (κ3) is 4.77. The zero-order chi connectivity index (χ0) is 16.0. The highest BCUT2D eigenvalue weighted by molar-refractivity contribution is 7.89. The maximum Gasteiger partial charge on any atom is 0.357 e. The zero-order valence-corrected chi connectivity index (χ0v) is 13.0. The second kappa shape index (κ2) is 7.50. The van der Waals surface area contributed by atoms with E-state index in [0.29, 0.717) is 19.7 Å². The smallest absolute Gasteiger partial charge is 0.357 e. The molecule has 0 aliphatic heterocycles. The molecule has 0 saturated carbocycles. The first-order valence-electron chi connectivity index (χ1n) is 6.25. The first kappa shape index (κ1) is 17.6. The highest BCUT2D eigenvalue weighted by Gasteiger charge is 2.27. The number of methoxy groups -OCH3 is 1. The van der Waals surface area contributed by atoms with E-state index in [0.717, 1.165) is 0 Å². The molecule has 3 N–H and O–H groups in total. The summed E-state index contributed by atoms with van der Waals surface area (Å²) in [5, 5.41) is 14.8. The number of nitrogens with one attached hydrogen (secondary N) is 2. The van der Waals surface area contributed by atoms with Crippen LogP contribution in [-0.2, 0) is 14.8 Å². The van der Waals surface area contributed by atoms with E-state index < -0.39 is 21.7 Å². The van der Waals surface area contributed by atoms with Crippen molar-refractivity contribution in [2.24, 2.45) is 0 Å². The van der Waals surface area contributed by atoms with Crippen molar-refractivity contribution in [1.29, 1.82) is 0 Å². The Balaban J connectivity index is 2.70. The van der Waals surface area contributed by atoms with Crippen LogP contribution < -0.4 is 4.72 Å². The number of hydrogen-bond donors (Lipinski definition) is 3. The van der Waals surface area contributed by atoms with Crippen molar-refractivity contribution in [1.82, 2.24) is 19.8 Å². The summed E-state index contributed by atoms with van der Waals surface area (Å²) in [6.45, 7) is 3.31. The molecule has 10 heteroatoms. The molecule has 21 heavy (non-hydrogen) atoms. The van der Waals surface area contributed by atoms with Gasteiger partial charge >= 0.3 is 5.97 Å². The molecule has 0 atom stereocenters. The summed E-state index contributed by atoms with van der Waals surface area (Å²) in [5.74, 6) is -1.39. The molecule has 0 unspecified atom stereocenters. The molecule has 9 nitrogen and oxygen atoms in total. The number of H-pyrrole nitrogens is 1. The molecular weight excluding hydrogens is 300 g/mol. The average Bonchev–Trinajstić information content (AvgIpc) is 2.79. The van der Waals surface area contributed by atoms with Gasteiger partial charge in [0.25, 0.3) is 0 Å². The van der Waals surface area contributed by atoms with Crippen molar-refractivity contribution in [3.05, 3.63) is 11.4 Å². The minimum atomic E-state index is -3.92. The Morgan fingerprint density at radius 1 is 1.48 bits per heavy atom. The van der Waals surface area contributed by atoms with Gasteiger partial charge in [-0.15, -0.1) is 0 Å². The fourth-order valence-electron chi connectivity index (χ4n) is 1.69. The van der Waals surface area contributed by atoms with Crippen LogP contribution in [0.1, 0.15) is 16.2 Å². The third-order valence-corrected chi connectivity index (χ3v) is 4.45. The summed E-state index contributed by atoms with van der Waals surface area (Å²) in [5.41, 5.74) is -0.319. The van der Waals surface area contributed by atoms with Gasteiger partial charge in [0.2, 0.25) is 10.0 Å². The van der Waals surface area contributed by atoms with Crippen molar-refractivity contribution in [3.63, 3.8) is 0 Å². The van der Waals surface area contributed by atoms with Crippen molar-refractivity contribution in [3.8, 4) is 0 Å². The van der Waals surface area contributed by atoms with Crippen LogP contribution in [0.4, 0.5) is 0 Å². The number of carbonyl (C=O) groups is 1. The summed E-state index contributed by atoms with van der Waals surface area (Å²) in [4.78, 5) is 12.6. The Kier molecular flexibility index (Phi) is 6.27. The molecule has 0 amide bonds. The van der Waals surface area contributed by atoms with Crippen LogP contribution in [0.25, 0.3) is 0 Å². The Hall–Kier alpha value is -1.49. The molecule has 0 radical (unpaired) electrons. The lowest BCUT2D eigenvalue weighted by atomic mass is 10.4. The lowest BCUT2D eigenvalue weighted by Gasteiger charge is -2.16. The summed E-state index contributed by atoms with van der Waals surface area (Å²) < 4.78 is 31.6. The Morgan fingerprint density at radius 2 is 2.14 bits per heavy atom. The minimum absolute atomic E-state index is 0.159. The van der Waals surface area contributed by atoms with Gasteiger partial charge in [-0.2, -0.15) is 5.10 Å². The van der Waals surface area contributed by atoms with Gasteiger partial charge in [0, 0.05) is 26.7 Å². The molecule has 0 bridgehead atoms. The summed E-state index contributed by atoms with van der Waals surface area (Å²) in [7, 11) is -0.501. The van der Waals surface area contributed by atoms with Crippen LogP contribution in [0.2, 0.25) is 0 Å². The van der Waals surface area contributed by atoms with Crippen LogP contribution in [0.15, 0.2) is 4.90 Å². The second-order valence-corrected chi connectivity index (χ2v) is 6.23. The van der Waals surface area contributed by atoms with E-state index in [1.807, 2.05) is 11.9 Å². The van der Waals surface area contributed by atoms with Gasteiger partial charge in [-0.1, -0.05) is 0 Å². The van der Waals surface area contributed by atoms with Crippen LogP contribution >= 0.6 is 0 Å². The molecule has 1 aromatic rings. The van der Waals surface area contributed by atoms with E-state index in [2.05, 4.69) is 14.9 Å². The van der Waals surface area contributed by atoms with Gasteiger partial charge in [0.05, 0.1) is 12.3 Å². The van der Waals surface area contributed by atoms with Crippen LogP contribution in [0, 0.1) is 6.92 Å². The van der Waals surface area contributed by atoms with E-state index in [4.69, 9.17) is 9.84 Å². The van der Waals surface area contributed by atoms with E-state index in [-0.39, 0.29) is 17.1 Å². The van der Waals surface area contributed by atoms with Gasteiger partial charge in [0.1, 0.15) is 4.90 Å². The van der Waals surface area contributed by atoms with Crippen molar-refractivity contribution >= 4 is 16.0 Å². The van der Waals surface area contributed by atoms with E-state index in [1.54, 1.807) is 7.11 Å². The monoisotopic (exact) mass is 320 g/mol. The highest BCUT2D eigenvalue weighted by Crippen LogP contribution is 2.17. The van der Waals surface area contributed by atoms with E-state index in [1.165, 1.54) is 6.92 Å². The zero-order valence-electron chi connectivity index (χ0n) is 12.2. The van der Waals surface area contributed by atoms with Gasteiger partial charge in [-0.05, 0) is 14.0 Å². The summed E-state index contributed by atoms with van der Waals surface area (Å²) in [6, 6.07) is 0. The van der Waals surface area contributed by atoms with Gasteiger partial charge in [-0.3, -0.25) is 5.10 Å². The topological polar surface area (TPSA) is 125 Å². The molecule has 0 aliphatic rings.